The van der Waals surface area contributed by atoms with Crippen LogP contribution in [0.3, 0.4) is 0 Å². The molecule has 0 amide bonds. The number of benzene rings is 2. The van der Waals surface area contributed by atoms with E-state index in [0.717, 1.165) is 39.8 Å². The summed E-state index contributed by atoms with van der Waals surface area (Å²) in [5, 5.41) is 7.29. The molecule has 0 radical (unpaired) electrons. The molecule has 1 aromatic heterocycles. The van der Waals surface area contributed by atoms with E-state index in [1.807, 2.05) is 24.3 Å². The summed E-state index contributed by atoms with van der Waals surface area (Å²) in [7, 11) is -2.23. The molecule has 2 atom stereocenters. The quantitative estimate of drug-likeness (QED) is 0.385. The van der Waals surface area contributed by atoms with E-state index in [0.29, 0.717) is 11.2 Å². The molecular formula is C26H27ClN4O2S. The highest BCUT2D eigenvalue weighted by Crippen LogP contribution is 2.70. The Hall–Kier alpha value is -2.61. The van der Waals surface area contributed by atoms with Crippen LogP contribution in [-0.4, -0.2) is 20.4 Å². The van der Waals surface area contributed by atoms with E-state index in [1.54, 1.807) is 12.1 Å². The van der Waals surface area contributed by atoms with Crippen LogP contribution < -0.4 is 15.4 Å². The number of hydrogen-bond donors (Lipinski definition) is 3. The Morgan fingerprint density at radius 1 is 0.941 bits per heavy atom. The highest BCUT2D eigenvalue weighted by Gasteiger charge is 2.63. The van der Waals surface area contributed by atoms with Crippen molar-refractivity contribution in [2.45, 2.75) is 36.1 Å². The van der Waals surface area contributed by atoms with Crippen LogP contribution >= 0.6 is 11.6 Å². The molecule has 4 fully saturated rings. The van der Waals surface area contributed by atoms with Crippen LogP contribution in [0, 0.1) is 17.8 Å². The molecule has 1 heterocycles. The van der Waals surface area contributed by atoms with E-state index in [2.05, 4.69) is 38.5 Å². The Morgan fingerprint density at radius 3 is 2.21 bits per heavy atom. The van der Waals surface area contributed by atoms with Gasteiger partial charge in [-0.1, -0.05) is 23.7 Å². The number of nitrogens with zero attached hydrogens (tertiary/aromatic N) is 1. The minimum Gasteiger partial charge on any atom is -0.354 e. The predicted octanol–water partition coefficient (Wildman–Crippen LogP) is 5.82. The monoisotopic (exact) mass is 494 g/mol. The number of sulfonamides is 1. The molecule has 34 heavy (non-hydrogen) atoms. The Balaban J connectivity index is 1.15. The third-order valence-corrected chi connectivity index (χ3v) is 9.75. The van der Waals surface area contributed by atoms with Crippen LogP contribution in [-0.2, 0) is 15.4 Å². The van der Waals surface area contributed by atoms with Crippen molar-refractivity contribution >= 4 is 44.5 Å². The zero-order valence-corrected chi connectivity index (χ0v) is 20.5. The lowest BCUT2D eigenvalue weighted by Crippen LogP contribution is -2.24. The third kappa shape index (κ3) is 3.58. The summed E-state index contributed by atoms with van der Waals surface area (Å²) in [4.78, 5) is 4.18. The van der Waals surface area contributed by atoms with E-state index < -0.39 is 10.0 Å². The van der Waals surface area contributed by atoms with Crippen LogP contribution in [0.4, 0.5) is 22.9 Å². The smallest absolute Gasteiger partial charge is 0.257 e. The lowest BCUT2D eigenvalue weighted by atomic mass is 9.75. The van der Waals surface area contributed by atoms with Gasteiger partial charge in [-0.05, 0) is 110 Å². The molecule has 0 saturated heterocycles. The lowest BCUT2D eigenvalue weighted by Gasteiger charge is -2.30. The second kappa shape index (κ2) is 7.97. The number of anilines is 4. The molecule has 3 aromatic rings. The number of pyridine rings is 1. The van der Waals surface area contributed by atoms with Crippen molar-refractivity contribution in [3.63, 3.8) is 0 Å². The van der Waals surface area contributed by atoms with E-state index in [-0.39, 0.29) is 5.03 Å². The van der Waals surface area contributed by atoms with E-state index >= 15 is 0 Å². The molecule has 4 saturated carbocycles. The average Bonchev–Trinajstić information content (AvgIpc) is 3.58. The first-order chi connectivity index (χ1) is 16.4. The van der Waals surface area contributed by atoms with Gasteiger partial charge in [0.15, 0.2) is 5.03 Å². The maximum Gasteiger partial charge on any atom is 0.257 e. The first-order valence-electron chi connectivity index (χ1n) is 11.7. The molecule has 4 bridgehead atoms. The molecular weight excluding hydrogens is 468 g/mol. The van der Waals surface area contributed by atoms with Gasteiger partial charge in [-0.25, -0.2) is 18.1 Å². The van der Waals surface area contributed by atoms with Gasteiger partial charge in [0.2, 0.25) is 0 Å². The Labute approximate surface area is 205 Å². The van der Waals surface area contributed by atoms with Crippen molar-refractivity contribution in [1.29, 1.82) is 0 Å². The summed E-state index contributed by atoms with van der Waals surface area (Å²) in [6, 6.07) is 19.1. The van der Waals surface area contributed by atoms with E-state index in [4.69, 9.17) is 11.6 Å². The summed E-state index contributed by atoms with van der Waals surface area (Å²) in [6.45, 7) is 0. The van der Waals surface area contributed by atoms with Crippen molar-refractivity contribution in [2.24, 2.45) is 17.8 Å². The largest absolute Gasteiger partial charge is 0.354 e. The zero-order valence-electron chi connectivity index (χ0n) is 18.9. The zero-order chi connectivity index (χ0) is 23.5. The average molecular weight is 495 g/mol. The fraction of sp³-hybridized carbons (Fsp3) is 0.346. The Bertz CT molecular complexity index is 1350. The van der Waals surface area contributed by atoms with Gasteiger partial charge in [-0.15, -0.1) is 0 Å². The number of aromatic nitrogens is 1. The van der Waals surface area contributed by atoms with Gasteiger partial charge in [-0.2, -0.15) is 0 Å². The maximum absolute atomic E-state index is 12.0. The van der Waals surface area contributed by atoms with Gasteiger partial charge >= 0.3 is 0 Å². The molecule has 6 nitrogen and oxygen atoms in total. The topological polar surface area (TPSA) is 83.1 Å². The van der Waals surface area contributed by atoms with Crippen LogP contribution in [0.15, 0.2) is 65.7 Å². The lowest BCUT2D eigenvalue weighted by molar-refractivity contribution is 0.371. The maximum atomic E-state index is 12.0. The molecule has 0 spiro atoms. The molecule has 3 N–H and O–H groups in total. The van der Waals surface area contributed by atoms with Crippen molar-refractivity contribution in [3.05, 3.63) is 71.2 Å². The molecule has 176 valence electrons. The molecule has 4 aliphatic rings. The van der Waals surface area contributed by atoms with Gasteiger partial charge in [0.25, 0.3) is 10.0 Å². The second-order valence-electron chi connectivity index (χ2n) is 9.84. The summed E-state index contributed by atoms with van der Waals surface area (Å²) in [5.74, 6) is 3.19. The minimum absolute atomic E-state index is 0.0288. The highest BCUT2D eigenvalue weighted by molar-refractivity contribution is 7.89. The Morgan fingerprint density at radius 2 is 1.62 bits per heavy atom. The predicted molar refractivity (Wildman–Crippen MR) is 136 cm³/mol. The van der Waals surface area contributed by atoms with Crippen molar-refractivity contribution in [3.8, 4) is 0 Å². The van der Waals surface area contributed by atoms with Gasteiger partial charge < -0.3 is 10.6 Å². The van der Waals surface area contributed by atoms with Gasteiger partial charge in [0, 0.05) is 11.4 Å². The number of nitrogens with one attached hydrogen (secondary N) is 3. The fourth-order valence-corrected chi connectivity index (χ4v) is 7.51. The van der Waals surface area contributed by atoms with Crippen molar-refractivity contribution in [1.82, 2.24) is 9.71 Å². The molecule has 2 aromatic carbocycles. The molecule has 4 aliphatic carbocycles. The van der Waals surface area contributed by atoms with Gasteiger partial charge in [0.05, 0.1) is 10.7 Å². The van der Waals surface area contributed by atoms with Crippen LogP contribution in [0.25, 0.3) is 0 Å². The summed E-state index contributed by atoms with van der Waals surface area (Å²) < 4.78 is 26.2. The van der Waals surface area contributed by atoms with E-state index in [9.17, 15) is 8.42 Å². The van der Waals surface area contributed by atoms with Crippen LogP contribution in [0.2, 0.25) is 5.02 Å². The first kappa shape index (κ1) is 21.9. The number of halogens is 1. The van der Waals surface area contributed by atoms with Crippen molar-refractivity contribution < 1.29 is 8.42 Å². The molecule has 8 heteroatoms. The molecule has 7 rings (SSSR count). The van der Waals surface area contributed by atoms with E-state index in [1.165, 1.54) is 44.4 Å². The molecule has 0 aliphatic heterocycles. The second-order valence-corrected chi connectivity index (χ2v) is 12.1. The third-order valence-electron chi connectivity index (χ3n) is 8.12. The van der Waals surface area contributed by atoms with Crippen molar-refractivity contribution in [2.75, 3.05) is 17.7 Å². The summed E-state index contributed by atoms with van der Waals surface area (Å²) in [6.07, 6.45) is 5.51. The van der Waals surface area contributed by atoms with Gasteiger partial charge in [0.1, 0.15) is 5.82 Å². The van der Waals surface area contributed by atoms with Crippen LogP contribution in [0.1, 0.15) is 31.2 Å². The fourth-order valence-electron chi connectivity index (χ4n) is 6.59. The normalized spacial score (nSPS) is 26.8. The number of rotatable bonds is 7. The summed E-state index contributed by atoms with van der Waals surface area (Å²) in [5.41, 5.74) is 4.41. The number of hydrogen-bond acceptors (Lipinski definition) is 5. The first-order valence-corrected chi connectivity index (χ1v) is 13.6. The summed E-state index contributed by atoms with van der Waals surface area (Å²) >= 11 is 6.72. The SMILES string of the molecule is CNS(=O)(=O)c1cccc(Nc2ccc(Nc3ccc(C45CC6CC4CC6C5)cc3Cl)cc2)n1. The molecule has 2 unspecified atom stereocenters. The minimum atomic E-state index is -3.59. The standard InChI is InChI=1S/C26H27ClN4O2S/c1-28-34(32,33)25-4-2-3-24(31-25)30-21-8-6-20(7-9-21)29-23-10-5-18(13-22(23)27)26-14-16-11-19(26)12-17(16)15-26/h2-10,13,16-17,19,28-29H,11-12,14-15H2,1H3,(H,30,31). The Kier molecular flexibility index (Phi) is 5.13. The van der Waals surface area contributed by atoms with Gasteiger partial charge in [-0.3, -0.25) is 0 Å². The highest BCUT2D eigenvalue weighted by atomic mass is 35.5. The van der Waals surface area contributed by atoms with Crippen LogP contribution in [0.5, 0.6) is 0 Å².